The minimum absolute atomic E-state index is 0.0408. The molecule has 4 rings (SSSR count). The number of carbonyl (C=O) groups is 1. The normalized spacial score (nSPS) is 11.6. The smallest absolute Gasteiger partial charge is 0.287 e. The Kier molecular flexibility index (Phi) is 6.27. The molecule has 0 radical (unpaired) electrons. The molecule has 164 valence electrons. The molecule has 9 heteroatoms. The van der Waals surface area contributed by atoms with Gasteiger partial charge in [-0.3, -0.25) is 4.79 Å². The molecule has 0 spiro atoms. The zero-order valence-corrected chi connectivity index (χ0v) is 18.2. The van der Waals surface area contributed by atoms with Gasteiger partial charge in [0.1, 0.15) is 11.4 Å². The number of hydrogen-bond acceptors (Lipinski definition) is 4. The molecule has 0 aliphatic carbocycles. The third kappa shape index (κ3) is 5.16. The highest BCUT2D eigenvalue weighted by molar-refractivity contribution is 7.89. The van der Waals surface area contributed by atoms with Gasteiger partial charge in [-0.25, -0.2) is 17.5 Å². The van der Waals surface area contributed by atoms with E-state index in [9.17, 15) is 17.6 Å². The molecule has 0 atom stereocenters. The van der Waals surface area contributed by atoms with Crippen LogP contribution in [-0.4, -0.2) is 14.3 Å². The van der Waals surface area contributed by atoms with Gasteiger partial charge in [0.25, 0.3) is 5.91 Å². The maximum absolute atomic E-state index is 13.3. The number of carbonyl (C=O) groups excluding carboxylic acids is 1. The lowest BCUT2D eigenvalue weighted by atomic mass is 10.2. The maximum Gasteiger partial charge on any atom is 0.287 e. The largest absolute Gasteiger partial charge is 0.451 e. The average molecular weight is 473 g/mol. The molecular formula is C23H18ClFN2O4S. The van der Waals surface area contributed by atoms with E-state index in [-0.39, 0.29) is 23.7 Å². The van der Waals surface area contributed by atoms with Crippen LogP contribution in [0, 0.1) is 5.82 Å². The molecule has 1 heterocycles. The van der Waals surface area contributed by atoms with Crippen molar-refractivity contribution in [3.8, 4) is 0 Å². The second-order valence-corrected chi connectivity index (χ2v) is 9.28. The Morgan fingerprint density at radius 2 is 1.69 bits per heavy atom. The predicted molar refractivity (Wildman–Crippen MR) is 119 cm³/mol. The predicted octanol–water partition coefficient (Wildman–Crippen LogP) is 4.63. The van der Waals surface area contributed by atoms with Crippen molar-refractivity contribution in [3.63, 3.8) is 0 Å². The standard InChI is InChI=1S/C23H18ClFN2O4S/c24-18-7-8-21-17(11-18)12-22(31-21)23(28)26-13-16-4-2-6-20(10-16)32(29,30)27-14-15-3-1-5-19(25)9-15/h1-12,27H,13-14H2,(H,26,28). The van der Waals surface area contributed by atoms with Crippen molar-refractivity contribution in [1.29, 1.82) is 0 Å². The Morgan fingerprint density at radius 3 is 2.47 bits per heavy atom. The van der Waals surface area contributed by atoms with E-state index in [1.54, 1.807) is 42.5 Å². The van der Waals surface area contributed by atoms with Crippen LogP contribution in [0.1, 0.15) is 21.7 Å². The van der Waals surface area contributed by atoms with Crippen LogP contribution >= 0.6 is 11.6 Å². The fourth-order valence-electron chi connectivity index (χ4n) is 3.13. The highest BCUT2D eigenvalue weighted by Gasteiger charge is 2.16. The molecule has 0 unspecified atom stereocenters. The Labute approximate surface area is 189 Å². The summed E-state index contributed by atoms with van der Waals surface area (Å²) in [5, 5.41) is 3.96. The van der Waals surface area contributed by atoms with Gasteiger partial charge in [-0.15, -0.1) is 0 Å². The van der Waals surface area contributed by atoms with E-state index in [2.05, 4.69) is 10.0 Å². The van der Waals surface area contributed by atoms with Gasteiger partial charge in [-0.1, -0.05) is 35.9 Å². The van der Waals surface area contributed by atoms with E-state index >= 15 is 0 Å². The summed E-state index contributed by atoms with van der Waals surface area (Å²) in [5.74, 6) is -0.746. The van der Waals surface area contributed by atoms with E-state index in [0.717, 1.165) is 0 Å². The first-order chi connectivity index (χ1) is 15.3. The second kappa shape index (κ2) is 9.12. The molecule has 32 heavy (non-hydrogen) atoms. The van der Waals surface area contributed by atoms with Crippen LogP contribution in [-0.2, 0) is 23.1 Å². The van der Waals surface area contributed by atoms with Crippen LogP contribution in [0.25, 0.3) is 11.0 Å². The summed E-state index contributed by atoms with van der Waals surface area (Å²) >= 11 is 5.95. The minimum atomic E-state index is -3.82. The summed E-state index contributed by atoms with van der Waals surface area (Å²) in [6.07, 6.45) is 0. The second-order valence-electron chi connectivity index (χ2n) is 7.08. The van der Waals surface area contributed by atoms with Crippen LogP contribution in [0.2, 0.25) is 5.02 Å². The summed E-state index contributed by atoms with van der Waals surface area (Å²) < 4.78 is 46.5. The van der Waals surface area contributed by atoms with Crippen molar-refractivity contribution >= 4 is 38.5 Å². The van der Waals surface area contributed by atoms with Gasteiger partial charge in [-0.05, 0) is 59.7 Å². The molecule has 0 saturated carbocycles. The number of hydrogen-bond donors (Lipinski definition) is 2. The zero-order valence-electron chi connectivity index (χ0n) is 16.6. The van der Waals surface area contributed by atoms with E-state index in [4.69, 9.17) is 16.0 Å². The molecule has 1 aromatic heterocycles. The summed E-state index contributed by atoms with van der Waals surface area (Å²) in [5.41, 5.74) is 1.63. The van der Waals surface area contributed by atoms with Gasteiger partial charge >= 0.3 is 0 Å². The Bertz CT molecular complexity index is 1400. The maximum atomic E-state index is 13.3. The number of amides is 1. The van der Waals surface area contributed by atoms with E-state index in [1.165, 1.54) is 30.3 Å². The van der Waals surface area contributed by atoms with E-state index in [1.807, 2.05) is 0 Å². The van der Waals surface area contributed by atoms with Crippen molar-refractivity contribution < 1.29 is 22.0 Å². The molecule has 2 N–H and O–H groups in total. The quantitative estimate of drug-likeness (QED) is 0.410. The van der Waals surface area contributed by atoms with Crippen molar-refractivity contribution in [1.82, 2.24) is 10.0 Å². The van der Waals surface area contributed by atoms with Crippen molar-refractivity contribution in [2.45, 2.75) is 18.0 Å². The number of benzene rings is 3. The zero-order chi connectivity index (χ0) is 22.7. The van der Waals surface area contributed by atoms with Crippen molar-refractivity contribution in [2.24, 2.45) is 0 Å². The first kappa shape index (κ1) is 22.0. The van der Waals surface area contributed by atoms with Crippen LogP contribution in [0.4, 0.5) is 4.39 Å². The number of sulfonamides is 1. The lowest BCUT2D eigenvalue weighted by Crippen LogP contribution is -2.24. The average Bonchev–Trinajstić information content (AvgIpc) is 3.20. The topological polar surface area (TPSA) is 88.4 Å². The Morgan fingerprint density at radius 1 is 0.938 bits per heavy atom. The lowest BCUT2D eigenvalue weighted by molar-refractivity contribution is 0.0925. The first-order valence-corrected chi connectivity index (χ1v) is 11.5. The molecule has 3 aromatic carbocycles. The third-order valence-electron chi connectivity index (χ3n) is 4.72. The fourth-order valence-corrected chi connectivity index (χ4v) is 4.39. The van der Waals surface area contributed by atoms with Crippen molar-refractivity contribution in [2.75, 3.05) is 0 Å². The molecule has 1 amide bonds. The van der Waals surface area contributed by atoms with Gasteiger partial charge < -0.3 is 9.73 Å². The number of furan rings is 1. The van der Waals surface area contributed by atoms with Crippen LogP contribution in [0.5, 0.6) is 0 Å². The molecule has 0 fully saturated rings. The van der Waals surface area contributed by atoms with Crippen LogP contribution < -0.4 is 10.0 Å². The number of fused-ring (bicyclic) bond motifs is 1. The highest BCUT2D eigenvalue weighted by atomic mass is 35.5. The van der Waals surface area contributed by atoms with E-state index in [0.29, 0.717) is 27.1 Å². The Balaban J connectivity index is 1.42. The first-order valence-electron chi connectivity index (χ1n) is 9.60. The number of rotatable bonds is 7. The molecular weight excluding hydrogens is 455 g/mol. The summed E-state index contributed by atoms with van der Waals surface area (Å²) in [4.78, 5) is 12.5. The molecule has 4 aromatic rings. The highest BCUT2D eigenvalue weighted by Crippen LogP contribution is 2.23. The number of nitrogens with one attached hydrogen (secondary N) is 2. The van der Waals surface area contributed by atoms with Crippen molar-refractivity contribution in [3.05, 3.63) is 101 Å². The van der Waals surface area contributed by atoms with Gasteiger partial charge in [0.05, 0.1) is 4.90 Å². The molecule has 0 aliphatic heterocycles. The SMILES string of the molecule is O=C(NCc1cccc(S(=O)(=O)NCc2cccc(F)c2)c1)c1cc2cc(Cl)ccc2o1. The third-order valence-corrected chi connectivity index (χ3v) is 6.35. The molecule has 0 saturated heterocycles. The monoisotopic (exact) mass is 472 g/mol. The summed E-state index contributed by atoms with van der Waals surface area (Å²) in [6.45, 7) is 0.0566. The van der Waals surface area contributed by atoms with Gasteiger partial charge in [0.2, 0.25) is 10.0 Å². The molecule has 0 aliphatic rings. The Hall–Kier alpha value is -3.20. The van der Waals surface area contributed by atoms with Gasteiger partial charge in [0, 0.05) is 23.5 Å². The minimum Gasteiger partial charge on any atom is -0.451 e. The van der Waals surface area contributed by atoms with Crippen LogP contribution in [0.3, 0.4) is 0 Å². The lowest BCUT2D eigenvalue weighted by Gasteiger charge is -2.09. The van der Waals surface area contributed by atoms with E-state index < -0.39 is 21.7 Å². The summed E-state index contributed by atoms with van der Waals surface area (Å²) in [7, 11) is -3.82. The summed E-state index contributed by atoms with van der Waals surface area (Å²) in [6, 6.07) is 18.5. The molecule has 0 bridgehead atoms. The van der Waals surface area contributed by atoms with Gasteiger partial charge in [-0.2, -0.15) is 0 Å². The number of halogens is 2. The van der Waals surface area contributed by atoms with Crippen LogP contribution in [0.15, 0.2) is 82.1 Å². The molecule has 6 nitrogen and oxygen atoms in total. The van der Waals surface area contributed by atoms with Gasteiger partial charge in [0.15, 0.2) is 5.76 Å². The fraction of sp³-hybridized carbons (Fsp3) is 0.0870.